The van der Waals surface area contributed by atoms with E-state index < -0.39 is 6.10 Å². The summed E-state index contributed by atoms with van der Waals surface area (Å²) in [5, 5.41) is 9.41. The van der Waals surface area contributed by atoms with Crippen LogP contribution in [0.3, 0.4) is 0 Å². The summed E-state index contributed by atoms with van der Waals surface area (Å²) in [6, 6.07) is 0. The third-order valence-corrected chi connectivity index (χ3v) is 2.27. The molecular formula is C11H18N2O2. The van der Waals surface area contributed by atoms with E-state index in [4.69, 9.17) is 4.74 Å². The van der Waals surface area contributed by atoms with E-state index in [0.29, 0.717) is 0 Å². The van der Waals surface area contributed by atoms with E-state index in [1.54, 1.807) is 20.2 Å². The van der Waals surface area contributed by atoms with Crippen molar-refractivity contribution < 1.29 is 9.84 Å². The number of hydrogen-bond donors (Lipinski definition) is 1. The lowest BCUT2D eigenvalue weighted by Crippen LogP contribution is -2.04. The van der Waals surface area contributed by atoms with Gasteiger partial charge >= 0.3 is 0 Å². The first-order valence-electron chi connectivity index (χ1n) is 5.14. The van der Waals surface area contributed by atoms with Gasteiger partial charge in [0.15, 0.2) is 0 Å². The Balaban J connectivity index is 2.65. The first-order chi connectivity index (χ1) is 7.15. The molecule has 0 amide bonds. The van der Waals surface area contributed by atoms with Gasteiger partial charge in [0.25, 0.3) is 0 Å². The van der Waals surface area contributed by atoms with Gasteiger partial charge < -0.3 is 9.84 Å². The van der Waals surface area contributed by atoms with Crippen LogP contribution in [0.15, 0.2) is 6.20 Å². The van der Waals surface area contributed by atoms with E-state index >= 15 is 0 Å². The minimum Gasteiger partial charge on any atom is -0.389 e. The molecule has 0 aliphatic carbocycles. The zero-order valence-corrected chi connectivity index (χ0v) is 9.53. The van der Waals surface area contributed by atoms with Crippen molar-refractivity contribution in [1.82, 2.24) is 9.97 Å². The largest absolute Gasteiger partial charge is 0.389 e. The smallest absolute Gasteiger partial charge is 0.128 e. The molecule has 0 saturated heterocycles. The highest BCUT2D eigenvalue weighted by molar-refractivity contribution is 5.18. The minimum atomic E-state index is -0.502. The highest BCUT2D eigenvalue weighted by Crippen LogP contribution is 2.14. The van der Waals surface area contributed by atoms with Crippen molar-refractivity contribution in [3.8, 4) is 0 Å². The monoisotopic (exact) mass is 210 g/mol. The molecule has 4 nitrogen and oxygen atoms in total. The van der Waals surface area contributed by atoms with Gasteiger partial charge in [-0.1, -0.05) is 0 Å². The van der Waals surface area contributed by atoms with Crippen molar-refractivity contribution in [3.05, 3.63) is 23.3 Å². The Labute approximate surface area is 90.3 Å². The molecule has 0 fully saturated rings. The number of methoxy groups -OCH3 is 1. The van der Waals surface area contributed by atoms with Crippen LogP contribution >= 0.6 is 0 Å². The van der Waals surface area contributed by atoms with Gasteiger partial charge in [-0.15, -0.1) is 0 Å². The number of aryl methyl sites for hydroxylation is 2. The maximum absolute atomic E-state index is 9.41. The highest BCUT2D eigenvalue weighted by atomic mass is 16.5. The van der Waals surface area contributed by atoms with Crippen LogP contribution in [-0.2, 0) is 11.2 Å². The van der Waals surface area contributed by atoms with Gasteiger partial charge in [-0.2, -0.15) is 0 Å². The van der Waals surface area contributed by atoms with E-state index in [9.17, 15) is 5.11 Å². The fourth-order valence-corrected chi connectivity index (χ4v) is 1.43. The van der Waals surface area contributed by atoms with Gasteiger partial charge in [0.1, 0.15) is 5.82 Å². The molecule has 1 N–H and O–H groups in total. The van der Waals surface area contributed by atoms with Crippen molar-refractivity contribution in [1.29, 1.82) is 0 Å². The summed E-state index contributed by atoms with van der Waals surface area (Å²) in [6.45, 7) is 4.33. The number of hydrogen-bond acceptors (Lipinski definition) is 4. The Bertz CT molecular complexity index is 313. The number of rotatable bonds is 5. The fraction of sp³-hybridized carbons (Fsp3) is 0.636. The van der Waals surface area contributed by atoms with Crippen molar-refractivity contribution in [2.24, 2.45) is 0 Å². The summed E-state index contributed by atoms with van der Waals surface area (Å²) in [6.07, 6.45) is 2.94. The average Bonchev–Trinajstić information content (AvgIpc) is 2.17. The molecule has 0 bridgehead atoms. The van der Waals surface area contributed by atoms with E-state index in [2.05, 4.69) is 9.97 Å². The second-order valence-corrected chi connectivity index (χ2v) is 3.60. The summed E-state index contributed by atoms with van der Waals surface area (Å²) in [4.78, 5) is 8.55. The normalized spacial score (nSPS) is 12.8. The lowest BCUT2D eigenvalue weighted by atomic mass is 10.1. The number of ether oxygens (including phenoxy) is 1. The Kier molecular flexibility index (Phi) is 4.65. The number of aliphatic hydroxyl groups excluding tert-OH is 1. The first-order valence-corrected chi connectivity index (χ1v) is 5.14. The van der Waals surface area contributed by atoms with Crippen LogP contribution in [-0.4, -0.2) is 28.8 Å². The molecule has 1 rings (SSSR count). The Hall–Kier alpha value is -1.00. The van der Waals surface area contributed by atoms with Crippen LogP contribution < -0.4 is 0 Å². The van der Waals surface area contributed by atoms with Crippen LogP contribution in [0.2, 0.25) is 0 Å². The second-order valence-electron chi connectivity index (χ2n) is 3.60. The lowest BCUT2D eigenvalue weighted by Gasteiger charge is -2.08. The van der Waals surface area contributed by atoms with E-state index in [0.717, 1.165) is 36.5 Å². The van der Waals surface area contributed by atoms with Gasteiger partial charge in [-0.3, -0.25) is 0 Å². The van der Waals surface area contributed by atoms with Crippen molar-refractivity contribution >= 4 is 0 Å². The molecule has 15 heavy (non-hydrogen) atoms. The molecule has 4 heteroatoms. The number of aliphatic hydroxyl groups is 1. The fourth-order valence-electron chi connectivity index (χ4n) is 1.43. The predicted molar refractivity (Wildman–Crippen MR) is 57.6 cm³/mol. The zero-order valence-electron chi connectivity index (χ0n) is 9.53. The molecule has 0 spiro atoms. The topological polar surface area (TPSA) is 55.2 Å². The molecule has 1 unspecified atom stereocenters. The third-order valence-electron chi connectivity index (χ3n) is 2.27. The van der Waals surface area contributed by atoms with E-state index in [-0.39, 0.29) is 0 Å². The van der Waals surface area contributed by atoms with Gasteiger partial charge in [0.05, 0.1) is 6.10 Å². The van der Waals surface area contributed by atoms with Gasteiger partial charge in [0.2, 0.25) is 0 Å². The maximum Gasteiger partial charge on any atom is 0.128 e. The van der Waals surface area contributed by atoms with E-state index in [1.165, 1.54) is 0 Å². The second kappa shape index (κ2) is 5.78. The van der Waals surface area contributed by atoms with Crippen LogP contribution in [0.1, 0.15) is 36.5 Å². The molecule has 0 aliphatic rings. The van der Waals surface area contributed by atoms with Crippen LogP contribution in [0, 0.1) is 6.92 Å². The molecule has 0 saturated carbocycles. The lowest BCUT2D eigenvalue weighted by molar-refractivity contribution is 0.193. The summed E-state index contributed by atoms with van der Waals surface area (Å²) in [7, 11) is 1.68. The summed E-state index contributed by atoms with van der Waals surface area (Å²) in [5.41, 5.74) is 1.65. The molecule has 1 aromatic rings. The molecular weight excluding hydrogens is 192 g/mol. The van der Waals surface area contributed by atoms with Crippen LogP contribution in [0.5, 0.6) is 0 Å². The quantitative estimate of drug-likeness (QED) is 0.747. The van der Waals surface area contributed by atoms with Crippen molar-refractivity contribution in [3.63, 3.8) is 0 Å². The summed E-state index contributed by atoms with van der Waals surface area (Å²) in [5.74, 6) is 0.814. The van der Waals surface area contributed by atoms with Crippen LogP contribution in [0.4, 0.5) is 0 Å². The average molecular weight is 210 g/mol. The summed E-state index contributed by atoms with van der Waals surface area (Å²) < 4.78 is 4.96. The number of aromatic nitrogens is 2. The van der Waals surface area contributed by atoms with Crippen LogP contribution in [0.25, 0.3) is 0 Å². The molecule has 1 heterocycles. The third kappa shape index (κ3) is 3.57. The number of nitrogens with zero attached hydrogens (tertiary/aromatic N) is 2. The first kappa shape index (κ1) is 12.1. The maximum atomic E-state index is 9.41. The van der Waals surface area contributed by atoms with Crippen molar-refractivity contribution in [2.75, 3.05) is 13.7 Å². The van der Waals surface area contributed by atoms with Crippen molar-refractivity contribution in [2.45, 2.75) is 32.8 Å². The predicted octanol–water partition coefficient (Wildman–Crippen LogP) is 1.42. The van der Waals surface area contributed by atoms with Gasteiger partial charge in [0, 0.05) is 37.6 Å². The Morgan fingerprint density at radius 3 is 2.80 bits per heavy atom. The molecule has 1 aromatic heterocycles. The van der Waals surface area contributed by atoms with Gasteiger partial charge in [-0.25, -0.2) is 9.97 Å². The molecule has 84 valence electrons. The molecule has 0 aliphatic heterocycles. The molecule has 0 aromatic carbocycles. The SMILES string of the molecule is COCCCc1ncc(C(C)O)c(C)n1. The van der Waals surface area contributed by atoms with E-state index in [1.807, 2.05) is 6.92 Å². The highest BCUT2D eigenvalue weighted by Gasteiger charge is 2.07. The Morgan fingerprint density at radius 2 is 2.27 bits per heavy atom. The molecule has 0 radical (unpaired) electrons. The minimum absolute atomic E-state index is 0.502. The Morgan fingerprint density at radius 1 is 1.53 bits per heavy atom. The van der Waals surface area contributed by atoms with Gasteiger partial charge in [-0.05, 0) is 20.3 Å². The standard InChI is InChI=1S/C11H18N2O2/c1-8-10(9(2)14)7-12-11(13-8)5-4-6-15-3/h7,9,14H,4-6H2,1-3H3. The summed E-state index contributed by atoms with van der Waals surface area (Å²) >= 11 is 0. The zero-order chi connectivity index (χ0) is 11.3. The molecule has 1 atom stereocenters.